The maximum absolute atomic E-state index is 12.3. The molecule has 2 aromatic rings. The molecule has 1 heterocycles. The van der Waals surface area contributed by atoms with Gasteiger partial charge in [-0.2, -0.15) is 5.10 Å². The standard InChI is InChI=1S/C11H13Br2N5O2S/c1-18-6-15-10(17-18)2-3-16-21(19,20)11-8(12)4-7(14)5-9(11)13/h4-6,16H,2-3,14H2,1H3. The molecule has 0 aliphatic heterocycles. The van der Waals surface area contributed by atoms with Gasteiger partial charge in [0.25, 0.3) is 0 Å². The number of nitrogens with zero attached hydrogens (tertiary/aromatic N) is 3. The van der Waals surface area contributed by atoms with Gasteiger partial charge in [-0.3, -0.25) is 4.68 Å². The Bertz CT molecular complexity index is 737. The van der Waals surface area contributed by atoms with Crippen LogP contribution < -0.4 is 10.5 Å². The zero-order valence-corrected chi connectivity index (χ0v) is 15.0. The summed E-state index contributed by atoms with van der Waals surface area (Å²) in [6.45, 7) is 0.204. The van der Waals surface area contributed by atoms with Crippen molar-refractivity contribution < 1.29 is 8.42 Å². The molecule has 0 spiro atoms. The first-order chi connectivity index (χ1) is 9.79. The molecule has 21 heavy (non-hydrogen) atoms. The van der Waals surface area contributed by atoms with Crippen molar-refractivity contribution in [3.05, 3.63) is 33.2 Å². The van der Waals surface area contributed by atoms with E-state index in [9.17, 15) is 8.42 Å². The van der Waals surface area contributed by atoms with E-state index in [1.54, 1.807) is 30.2 Å². The summed E-state index contributed by atoms with van der Waals surface area (Å²) in [5.41, 5.74) is 6.12. The second-order valence-corrected chi connectivity index (χ2v) is 7.71. The highest BCUT2D eigenvalue weighted by Crippen LogP contribution is 2.32. The maximum Gasteiger partial charge on any atom is 0.242 e. The third-order valence-electron chi connectivity index (χ3n) is 2.58. The monoisotopic (exact) mass is 437 g/mol. The number of nitrogens with one attached hydrogen (secondary N) is 1. The first kappa shape index (κ1) is 16.4. The molecular formula is C11H13Br2N5O2S. The number of rotatable bonds is 5. The predicted molar refractivity (Wildman–Crippen MR) is 86.1 cm³/mol. The Kier molecular flexibility index (Phi) is 5.02. The number of benzene rings is 1. The third kappa shape index (κ3) is 4.02. The Morgan fingerprint density at radius 1 is 1.33 bits per heavy atom. The van der Waals surface area contributed by atoms with Gasteiger partial charge in [-0.05, 0) is 44.0 Å². The van der Waals surface area contributed by atoms with Gasteiger partial charge >= 0.3 is 0 Å². The highest BCUT2D eigenvalue weighted by atomic mass is 79.9. The zero-order chi connectivity index (χ0) is 15.6. The van der Waals surface area contributed by atoms with Gasteiger partial charge in [-0.15, -0.1) is 0 Å². The molecule has 7 nitrogen and oxygen atoms in total. The fraction of sp³-hybridized carbons (Fsp3) is 0.273. The van der Waals surface area contributed by atoms with E-state index >= 15 is 0 Å². The van der Waals surface area contributed by atoms with Crippen molar-refractivity contribution in [2.24, 2.45) is 7.05 Å². The van der Waals surface area contributed by atoms with E-state index in [2.05, 4.69) is 46.7 Å². The average molecular weight is 439 g/mol. The van der Waals surface area contributed by atoms with Crippen LogP contribution in [0, 0.1) is 0 Å². The number of halogens is 2. The van der Waals surface area contributed by atoms with E-state index in [4.69, 9.17) is 5.73 Å². The van der Waals surface area contributed by atoms with E-state index in [0.29, 0.717) is 26.9 Å². The molecule has 114 valence electrons. The van der Waals surface area contributed by atoms with Gasteiger partial charge in [0.15, 0.2) is 5.82 Å². The highest BCUT2D eigenvalue weighted by molar-refractivity contribution is 9.11. The number of sulfonamides is 1. The van der Waals surface area contributed by atoms with Crippen molar-refractivity contribution in [3.63, 3.8) is 0 Å². The molecular weight excluding hydrogens is 426 g/mol. The Hall–Kier alpha value is -0.970. The van der Waals surface area contributed by atoms with Gasteiger partial charge in [-0.25, -0.2) is 18.1 Å². The summed E-state index contributed by atoms with van der Waals surface area (Å²) >= 11 is 6.43. The molecule has 0 unspecified atom stereocenters. The van der Waals surface area contributed by atoms with Gasteiger partial charge in [0.2, 0.25) is 10.0 Å². The van der Waals surface area contributed by atoms with Crippen LogP contribution in [0.4, 0.5) is 5.69 Å². The van der Waals surface area contributed by atoms with E-state index in [1.165, 1.54) is 0 Å². The van der Waals surface area contributed by atoms with E-state index in [1.807, 2.05) is 0 Å². The molecule has 1 aromatic heterocycles. The average Bonchev–Trinajstić information content (AvgIpc) is 2.72. The number of anilines is 1. The largest absolute Gasteiger partial charge is 0.399 e. The lowest BCUT2D eigenvalue weighted by Crippen LogP contribution is -2.27. The molecule has 0 amide bonds. The maximum atomic E-state index is 12.3. The van der Waals surface area contributed by atoms with Crippen molar-refractivity contribution in [1.29, 1.82) is 0 Å². The summed E-state index contributed by atoms with van der Waals surface area (Å²) in [5.74, 6) is 0.579. The molecule has 0 saturated heterocycles. The quantitative estimate of drug-likeness (QED) is 0.687. The van der Waals surface area contributed by atoms with E-state index in [0.717, 1.165) is 0 Å². The lowest BCUT2D eigenvalue weighted by atomic mass is 10.3. The summed E-state index contributed by atoms with van der Waals surface area (Å²) in [7, 11) is -1.91. The first-order valence-electron chi connectivity index (χ1n) is 5.88. The van der Waals surface area contributed by atoms with Crippen molar-refractivity contribution in [1.82, 2.24) is 19.5 Å². The Labute approximate surface area is 139 Å². The van der Waals surface area contributed by atoms with Gasteiger partial charge in [-0.1, -0.05) is 0 Å². The molecule has 0 fully saturated rings. The minimum Gasteiger partial charge on any atom is -0.399 e. The predicted octanol–water partition coefficient (Wildman–Crippen LogP) is 1.44. The number of hydrogen-bond donors (Lipinski definition) is 2. The van der Waals surface area contributed by atoms with Crippen molar-refractivity contribution >= 4 is 47.6 Å². The minimum atomic E-state index is -3.66. The Morgan fingerprint density at radius 3 is 2.48 bits per heavy atom. The van der Waals surface area contributed by atoms with Gasteiger partial charge < -0.3 is 5.73 Å². The van der Waals surface area contributed by atoms with Crippen LogP contribution >= 0.6 is 31.9 Å². The van der Waals surface area contributed by atoms with Gasteiger partial charge in [0, 0.05) is 34.6 Å². The van der Waals surface area contributed by atoms with Crippen LogP contribution in [0.1, 0.15) is 5.82 Å². The fourth-order valence-corrected chi connectivity index (χ4v) is 5.35. The molecule has 0 aliphatic carbocycles. The SMILES string of the molecule is Cn1cnc(CCNS(=O)(=O)c2c(Br)cc(N)cc2Br)n1. The number of aryl methyl sites for hydroxylation is 1. The first-order valence-corrected chi connectivity index (χ1v) is 8.95. The highest BCUT2D eigenvalue weighted by Gasteiger charge is 2.21. The van der Waals surface area contributed by atoms with Crippen LogP contribution in [0.5, 0.6) is 0 Å². The number of nitrogen functional groups attached to an aromatic ring is 1. The van der Waals surface area contributed by atoms with Gasteiger partial charge in [0.05, 0.1) is 0 Å². The van der Waals surface area contributed by atoms with E-state index in [-0.39, 0.29) is 11.4 Å². The molecule has 0 saturated carbocycles. The normalized spacial score (nSPS) is 11.8. The summed E-state index contributed by atoms with van der Waals surface area (Å²) in [5, 5.41) is 4.09. The number of hydrogen-bond acceptors (Lipinski definition) is 5. The molecule has 0 atom stereocenters. The fourth-order valence-electron chi connectivity index (χ4n) is 1.70. The zero-order valence-electron chi connectivity index (χ0n) is 11.0. The summed E-state index contributed by atoms with van der Waals surface area (Å²) in [6, 6.07) is 3.08. The molecule has 0 aliphatic rings. The minimum absolute atomic E-state index is 0.116. The molecule has 0 radical (unpaired) electrons. The third-order valence-corrected chi connectivity index (χ3v) is 5.91. The second-order valence-electron chi connectivity index (χ2n) is 4.30. The van der Waals surface area contributed by atoms with Crippen molar-refractivity contribution in [2.75, 3.05) is 12.3 Å². The molecule has 3 N–H and O–H groups in total. The smallest absolute Gasteiger partial charge is 0.242 e. The van der Waals surface area contributed by atoms with Gasteiger partial charge in [0.1, 0.15) is 11.2 Å². The van der Waals surface area contributed by atoms with Crippen molar-refractivity contribution in [3.8, 4) is 0 Å². The van der Waals surface area contributed by atoms with Crippen molar-refractivity contribution in [2.45, 2.75) is 11.3 Å². The lowest BCUT2D eigenvalue weighted by molar-refractivity contribution is 0.579. The van der Waals surface area contributed by atoms with Crippen LogP contribution in [0.2, 0.25) is 0 Å². The Balaban J connectivity index is 2.12. The number of nitrogens with two attached hydrogens (primary N) is 1. The van der Waals surface area contributed by atoms with Crippen LogP contribution in [0.25, 0.3) is 0 Å². The topological polar surface area (TPSA) is 103 Å². The molecule has 10 heteroatoms. The van der Waals surface area contributed by atoms with E-state index < -0.39 is 10.0 Å². The summed E-state index contributed by atoms with van der Waals surface area (Å²) in [4.78, 5) is 4.15. The van der Waals surface area contributed by atoms with Crippen LogP contribution in [-0.4, -0.2) is 29.7 Å². The molecule has 1 aromatic carbocycles. The van der Waals surface area contributed by atoms with Crippen LogP contribution in [0.3, 0.4) is 0 Å². The number of aromatic nitrogens is 3. The summed E-state index contributed by atoms with van der Waals surface area (Å²) < 4.78 is 29.5. The Morgan fingerprint density at radius 2 is 1.95 bits per heavy atom. The molecule has 2 rings (SSSR count). The van der Waals surface area contributed by atoms with Crippen LogP contribution in [0.15, 0.2) is 32.3 Å². The lowest BCUT2D eigenvalue weighted by Gasteiger charge is -2.10. The molecule has 0 bridgehead atoms. The van der Waals surface area contributed by atoms with Crippen LogP contribution in [-0.2, 0) is 23.5 Å². The second kappa shape index (κ2) is 6.42. The summed E-state index contributed by atoms with van der Waals surface area (Å²) in [6.07, 6.45) is 1.97.